The highest BCUT2D eigenvalue weighted by atomic mass is 32.1. The Morgan fingerprint density at radius 1 is 1.47 bits per heavy atom. The number of carbonyl (C=O) groups is 1. The van der Waals surface area contributed by atoms with Gasteiger partial charge in [0.1, 0.15) is 5.75 Å². The van der Waals surface area contributed by atoms with Gasteiger partial charge in [0.05, 0.1) is 19.4 Å². The smallest absolute Gasteiger partial charge is 0.436 e. The fraction of sp³-hybridized carbons (Fsp3) is 0.231. The largest absolute Gasteiger partial charge is 0.497 e. The van der Waals surface area contributed by atoms with Crippen LogP contribution in [0.25, 0.3) is 5.69 Å². The Labute approximate surface area is 114 Å². The molecule has 0 fully saturated rings. The van der Waals surface area contributed by atoms with Crippen molar-refractivity contribution in [1.29, 1.82) is 0 Å². The summed E-state index contributed by atoms with van der Waals surface area (Å²) >= 11 is 1.37. The highest BCUT2D eigenvalue weighted by Crippen LogP contribution is 2.15. The molecule has 0 radical (unpaired) electrons. The quantitative estimate of drug-likeness (QED) is 0.867. The number of rotatable bonds is 3. The summed E-state index contributed by atoms with van der Waals surface area (Å²) in [5.74, 6) is 0.748. The first-order valence-corrected chi connectivity index (χ1v) is 6.64. The van der Waals surface area contributed by atoms with Crippen molar-refractivity contribution in [2.24, 2.45) is 4.99 Å². The first-order chi connectivity index (χ1) is 9.24. The van der Waals surface area contributed by atoms with E-state index in [2.05, 4.69) is 4.99 Å². The number of ether oxygens (including phenoxy) is 2. The summed E-state index contributed by atoms with van der Waals surface area (Å²) in [5.41, 5.74) is 0.878. The normalized spacial score (nSPS) is 11.4. The fourth-order valence-electron chi connectivity index (χ4n) is 1.54. The SMILES string of the molecule is CCOC(=O)/N=c1\sccn1-c1cccc(OC)c1. The molecule has 0 bridgehead atoms. The number of methoxy groups -OCH3 is 1. The highest BCUT2D eigenvalue weighted by molar-refractivity contribution is 7.07. The molecule has 1 amide bonds. The average Bonchev–Trinajstić information content (AvgIpc) is 2.87. The third-order valence-electron chi connectivity index (χ3n) is 2.38. The van der Waals surface area contributed by atoms with E-state index in [1.807, 2.05) is 40.4 Å². The number of thiazole rings is 1. The van der Waals surface area contributed by atoms with E-state index >= 15 is 0 Å². The average molecular weight is 278 g/mol. The molecule has 1 aromatic carbocycles. The molecule has 0 unspecified atom stereocenters. The van der Waals surface area contributed by atoms with Crippen molar-refractivity contribution >= 4 is 17.4 Å². The van der Waals surface area contributed by atoms with Crippen LogP contribution in [0.1, 0.15) is 6.92 Å². The van der Waals surface area contributed by atoms with E-state index < -0.39 is 6.09 Å². The minimum absolute atomic E-state index is 0.312. The van der Waals surface area contributed by atoms with E-state index in [0.29, 0.717) is 11.4 Å². The Kier molecular flexibility index (Phi) is 4.35. The van der Waals surface area contributed by atoms with Gasteiger partial charge in [-0.05, 0) is 19.1 Å². The van der Waals surface area contributed by atoms with Crippen LogP contribution in [0.15, 0.2) is 40.8 Å². The van der Waals surface area contributed by atoms with Gasteiger partial charge in [0.15, 0.2) is 0 Å². The minimum Gasteiger partial charge on any atom is -0.497 e. The van der Waals surface area contributed by atoms with E-state index in [-0.39, 0.29) is 0 Å². The first kappa shape index (κ1) is 13.4. The molecule has 19 heavy (non-hydrogen) atoms. The van der Waals surface area contributed by atoms with Crippen molar-refractivity contribution in [3.8, 4) is 11.4 Å². The van der Waals surface area contributed by atoms with Crippen molar-refractivity contribution in [3.63, 3.8) is 0 Å². The molecule has 0 aliphatic carbocycles. The van der Waals surface area contributed by atoms with Crippen LogP contribution in [-0.4, -0.2) is 24.4 Å². The van der Waals surface area contributed by atoms with Crippen LogP contribution in [0.5, 0.6) is 5.75 Å². The molecular weight excluding hydrogens is 264 g/mol. The molecule has 0 N–H and O–H groups in total. The lowest BCUT2D eigenvalue weighted by atomic mass is 10.3. The zero-order valence-electron chi connectivity index (χ0n) is 10.7. The molecule has 1 aromatic heterocycles. The molecule has 6 heteroatoms. The van der Waals surface area contributed by atoms with E-state index in [0.717, 1.165) is 11.4 Å². The van der Waals surface area contributed by atoms with Gasteiger partial charge < -0.3 is 9.47 Å². The van der Waals surface area contributed by atoms with E-state index in [1.165, 1.54) is 11.3 Å². The third-order valence-corrected chi connectivity index (χ3v) is 3.13. The predicted molar refractivity (Wildman–Crippen MR) is 72.8 cm³/mol. The summed E-state index contributed by atoms with van der Waals surface area (Å²) < 4.78 is 11.8. The van der Waals surface area contributed by atoms with Gasteiger partial charge in [-0.3, -0.25) is 4.57 Å². The highest BCUT2D eigenvalue weighted by Gasteiger charge is 2.03. The lowest BCUT2D eigenvalue weighted by Crippen LogP contribution is -2.15. The van der Waals surface area contributed by atoms with Crippen LogP contribution in [0.4, 0.5) is 4.79 Å². The molecule has 100 valence electrons. The van der Waals surface area contributed by atoms with E-state index in [4.69, 9.17) is 9.47 Å². The van der Waals surface area contributed by atoms with E-state index in [1.54, 1.807) is 14.0 Å². The predicted octanol–water partition coefficient (Wildman–Crippen LogP) is 2.60. The van der Waals surface area contributed by atoms with Crippen molar-refractivity contribution in [2.75, 3.05) is 13.7 Å². The Morgan fingerprint density at radius 2 is 2.32 bits per heavy atom. The van der Waals surface area contributed by atoms with Crippen molar-refractivity contribution < 1.29 is 14.3 Å². The van der Waals surface area contributed by atoms with E-state index in [9.17, 15) is 4.79 Å². The number of aromatic nitrogens is 1. The second-order valence-corrected chi connectivity index (χ2v) is 4.44. The summed E-state index contributed by atoms with van der Waals surface area (Å²) in [6, 6.07) is 7.53. The van der Waals surface area contributed by atoms with Crippen LogP contribution in [-0.2, 0) is 4.74 Å². The lowest BCUT2D eigenvalue weighted by Gasteiger charge is -2.05. The van der Waals surface area contributed by atoms with Gasteiger partial charge in [-0.1, -0.05) is 6.07 Å². The monoisotopic (exact) mass is 278 g/mol. The molecule has 0 saturated carbocycles. The van der Waals surface area contributed by atoms with Crippen molar-refractivity contribution in [1.82, 2.24) is 4.57 Å². The number of hydrogen-bond acceptors (Lipinski definition) is 4. The van der Waals surface area contributed by atoms with Crippen LogP contribution in [0.2, 0.25) is 0 Å². The Balaban J connectivity index is 2.41. The van der Waals surface area contributed by atoms with Crippen molar-refractivity contribution in [3.05, 3.63) is 40.6 Å². The first-order valence-electron chi connectivity index (χ1n) is 5.76. The molecular formula is C13H14N2O3S. The zero-order valence-corrected chi connectivity index (χ0v) is 11.5. The molecule has 0 atom stereocenters. The second kappa shape index (κ2) is 6.19. The number of benzene rings is 1. The topological polar surface area (TPSA) is 52.8 Å². The molecule has 2 rings (SSSR count). The minimum atomic E-state index is -0.582. The molecule has 0 aliphatic heterocycles. The van der Waals surface area contributed by atoms with Gasteiger partial charge in [0, 0.05) is 17.6 Å². The number of nitrogens with zero attached hydrogens (tertiary/aromatic N) is 2. The maximum atomic E-state index is 11.4. The number of carbonyl (C=O) groups excluding carboxylic acids is 1. The molecule has 0 saturated heterocycles. The summed E-state index contributed by atoms with van der Waals surface area (Å²) in [6.07, 6.45) is 1.26. The lowest BCUT2D eigenvalue weighted by molar-refractivity contribution is 0.162. The summed E-state index contributed by atoms with van der Waals surface area (Å²) in [4.78, 5) is 15.9. The summed E-state index contributed by atoms with van der Waals surface area (Å²) in [7, 11) is 1.61. The summed E-state index contributed by atoms with van der Waals surface area (Å²) in [6.45, 7) is 2.06. The van der Waals surface area contributed by atoms with Crippen LogP contribution < -0.4 is 9.54 Å². The van der Waals surface area contributed by atoms with Crippen LogP contribution in [0.3, 0.4) is 0 Å². The third kappa shape index (κ3) is 3.23. The maximum Gasteiger partial charge on any atom is 0.436 e. The van der Waals surface area contributed by atoms with Gasteiger partial charge in [0.25, 0.3) is 0 Å². The molecule has 0 aliphatic rings. The van der Waals surface area contributed by atoms with Gasteiger partial charge in [-0.2, -0.15) is 0 Å². The van der Waals surface area contributed by atoms with Crippen LogP contribution in [0, 0.1) is 0 Å². The molecule has 0 spiro atoms. The Hall–Kier alpha value is -2.08. The van der Waals surface area contributed by atoms with Crippen molar-refractivity contribution in [2.45, 2.75) is 6.92 Å². The van der Waals surface area contributed by atoms with Gasteiger partial charge >= 0.3 is 6.09 Å². The Bertz CT molecular complexity index is 631. The Morgan fingerprint density at radius 3 is 3.05 bits per heavy atom. The number of amides is 1. The molecule has 2 aromatic rings. The maximum absolute atomic E-state index is 11.4. The standard InChI is InChI=1S/C13H14N2O3S/c1-3-18-13(16)14-12-15(7-8-19-12)10-5-4-6-11(9-10)17-2/h4-9H,3H2,1-2H3/b14-12-. The molecule has 5 nitrogen and oxygen atoms in total. The zero-order chi connectivity index (χ0) is 13.7. The van der Waals surface area contributed by atoms with Gasteiger partial charge in [0.2, 0.25) is 4.80 Å². The van der Waals surface area contributed by atoms with Crippen LogP contribution >= 0.6 is 11.3 Å². The van der Waals surface area contributed by atoms with Gasteiger partial charge in [-0.25, -0.2) is 4.79 Å². The number of hydrogen-bond donors (Lipinski definition) is 0. The second-order valence-electron chi connectivity index (χ2n) is 3.57. The summed E-state index contributed by atoms with van der Waals surface area (Å²) in [5, 5.41) is 1.86. The fourth-order valence-corrected chi connectivity index (χ4v) is 2.25. The van der Waals surface area contributed by atoms with Gasteiger partial charge in [-0.15, -0.1) is 16.3 Å². The molecule has 1 heterocycles.